The van der Waals surface area contributed by atoms with Crippen molar-refractivity contribution in [1.82, 2.24) is 5.32 Å². The lowest BCUT2D eigenvalue weighted by atomic mass is 9.48. The third kappa shape index (κ3) is 5.78. The second kappa shape index (κ2) is 12.4. The average molecular weight is 647 g/mol. The van der Waals surface area contributed by atoms with Gasteiger partial charge in [-0.15, -0.1) is 6.58 Å². The molecule has 9 nitrogen and oxygen atoms in total. The van der Waals surface area contributed by atoms with Gasteiger partial charge in [0.25, 0.3) is 11.8 Å². The Balaban J connectivity index is 1.14. The highest BCUT2D eigenvalue weighted by molar-refractivity contribution is 6.39. The van der Waals surface area contributed by atoms with Crippen LogP contribution in [0.3, 0.4) is 0 Å². The summed E-state index contributed by atoms with van der Waals surface area (Å²) in [4.78, 5) is 52.0. The van der Waals surface area contributed by atoms with Crippen LogP contribution in [0.1, 0.15) is 71.1 Å². The number of urea groups is 1. The molecule has 3 aromatic carbocycles. The first-order valence-electron chi connectivity index (χ1n) is 16.4. The summed E-state index contributed by atoms with van der Waals surface area (Å²) >= 11 is 0. The van der Waals surface area contributed by atoms with Crippen LogP contribution in [0.15, 0.2) is 78.9 Å². The molecule has 3 aromatic rings. The fourth-order valence-electron chi connectivity index (χ4n) is 8.78. The van der Waals surface area contributed by atoms with Crippen LogP contribution in [0.5, 0.6) is 11.5 Å². The molecular weight excluding hydrogens is 608 g/mol. The molecule has 9 heteroatoms. The fourth-order valence-corrected chi connectivity index (χ4v) is 8.78. The molecule has 5 aliphatic rings. The van der Waals surface area contributed by atoms with E-state index >= 15 is 0 Å². The number of benzene rings is 3. The van der Waals surface area contributed by atoms with Crippen molar-refractivity contribution in [3.8, 4) is 11.5 Å². The molecule has 1 aliphatic heterocycles. The number of anilines is 1. The number of barbiturate groups is 1. The fraction of sp³-hybridized carbons (Fsp3) is 0.333. The van der Waals surface area contributed by atoms with Gasteiger partial charge in [-0.3, -0.25) is 14.9 Å². The van der Waals surface area contributed by atoms with Gasteiger partial charge in [-0.25, -0.2) is 14.5 Å². The van der Waals surface area contributed by atoms with E-state index in [9.17, 15) is 24.3 Å². The Labute approximate surface area is 279 Å². The van der Waals surface area contributed by atoms with Gasteiger partial charge in [0.2, 0.25) is 0 Å². The van der Waals surface area contributed by atoms with Crippen LogP contribution in [0.4, 0.5) is 10.5 Å². The maximum Gasteiger partial charge on any atom is 0.335 e. The Bertz CT molecular complexity index is 1810. The highest BCUT2D eigenvalue weighted by atomic mass is 16.5. The van der Waals surface area contributed by atoms with Crippen molar-refractivity contribution >= 4 is 35.6 Å². The lowest BCUT2D eigenvalue weighted by molar-refractivity contribution is -0.122. The number of aromatic carboxylic acids is 1. The van der Waals surface area contributed by atoms with Gasteiger partial charge >= 0.3 is 12.0 Å². The van der Waals surface area contributed by atoms with Crippen LogP contribution in [0, 0.1) is 17.8 Å². The van der Waals surface area contributed by atoms with Crippen LogP contribution >= 0.6 is 0 Å². The largest absolute Gasteiger partial charge is 0.493 e. The number of amides is 4. The van der Waals surface area contributed by atoms with Crippen molar-refractivity contribution in [2.75, 3.05) is 12.0 Å². The molecule has 4 aliphatic carbocycles. The van der Waals surface area contributed by atoms with E-state index in [0.717, 1.165) is 28.2 Å². The van der Waals surface area contributed by atoms with Gasteiger partial charge in [-0.2, -0.15) is 0 Å². The summed E-state index contributed by atoms with van der Waals surface area (Å²) in [5, 5.41) is 11.5. The van der Waals surface area contributed by atoms with Crippen molar-refractivity contribution < 1.29 is 33.8 Å². The van der Waals surface area contributed by atoms with Crippen molar-refractivity contribution in [1.29, 1.82) is 0 Å². The molecular formula is C39H38N2O7. The summed E-state index contributed by atoms with van der Waals surface area (Å²) < 4.78 is 11.8. The van der Waals surface area contributed by atoms with Gasteiger partial charge in [0, 0.05) is 5.56 Å². The van der Waals surface area contributed by atoms with E-state index in [1.807, 2.05) is 12.1 Å². The highest BCUT2D eigenvalue weighted by Gasteiger charge is 2.51. The maximum atomic E-state index is 13.8. The SMILES string of the molecule is C=CCc1cc(/C=C2\C(=O)NC(=O)N(c3ccc(C45CC6CC(CC(C6)C4)C5)cc3)C2=O)cc(OC)c1OCc1ccc(C(=O)O)cc1. The van der Waals surface area contributed by atoms with Crippen molar-refractivity contribution in [2.45, 2.75) is 57.0 Å². The van der Waals surface area contributed by atoms with E-state index in [2.05, 4.69) is 24.0 Å². The maximum absolute atomic E-state index is 13.8. The lowest BCUT2D eigenvalue weighted by Crippen LogP contribution is -2.54. The molecule has 5 fully saturated rings. The molecule has 4 bridgehead atoms. The number of imide groups is 2. The summed E-state index contributed by atoms with van der Waals surface area (Å²) in [7, 11) is 1.49. The molecule has 0 atom stereocenters. The van der Waals surface area contributed by atoms with Crippen LogP contribution in [-0.2, 0) is 28.0 Å². The first kappa shape index (κ1) is 31.4. The second-order valence-corrected chi connectivity index (χ2v) is 13.7. The summed E-state index contributed by atoms with van der Waals surface area (Å²) in [6.45, 7) is 4.00. The normalized spacial score (nSPS) is 25.3. The van der Waals surface area contributed by atoms with E-state index < -0.39 is 23.8 Å². The molecule has 2 N–H and O–H groups in total. The highest BCUT2D eigenvalue weighted by Crippen LogP contribution is 2.60. The van der Waals surface area contributed by atoms with Crippen LogP contribution in [-0.4, -0.2) is 36.0 Å². The van der Waals surface area contributed by atoms with Gasteiger partial charge in [0.15, 0.2) is 11.5 Å². The number of methoxy groups -OCH3 is 1. The number of ether oxygens (including phenoxy) is 2. The molecule has 4 amide bonds. The standard InChI is InChI=1S/C39H38N2O7/c1-3-4-29-16-24(18-33(47-2)34(29)48-22-23-5-7-28(8-6-23)37(44)45)17-32-35(42)40-38(46)41(36(32)43)31-11-9-30(10-12-31)39-19-25-13-26(20-39)15-27(14-25)21-39/h3,5-12,16-18,25-27H,1,4,13-15,19-22H2,2H3,(H,44,45)(H,40,42,46)/b32-17+. The van der Waals surface area contributed by atoms with Crippen molar-refractivity contribution in [3.63, 3.8) is 0 Å². The number of allylic oxidation sites excluding steroid dienone is 1. The molecule has 246 valence electrons. The molecule has 0 spiro atoms. The van der Waals surface area contributed by atoms with Gasteiger partial charge in [0.05, 0.1) is 18.4 Å². The van der Waals surface area contributed by atoms with E-state index in [-0.39, 0.29) is 23.2 Å². The van der Waals surface area contributed by atoms with Gasteiger partial charge in [-0.05, 0) is 127 Å². The second-order valence-electron chi connectivity index (χ2n) is 13.7. The Morgan fingerprint density at radius 2 is 1.62 bits per heavy atom. The number of carboxylic acid groups (broad SMARTS) is 1. The molecule has 48 heavy (non-hydrogen) atoms. The Morgan fingerprint density at radius 3 is 2.21 bits per heavy atom. The number of carbonyl (C=O) groups is 4. The van der Waals surface area contributed by atoms with Crippen LogP contribution in [0.2, 0.25) is 0 Å². The van der Waals surface area contributed by atoms with Crippen molar-refractivity contribution in [2.24, 2.45) is 17.8 Å². The third-order valence-corrected chi connectivity index (χ3v) is 10.5. The molecule has 0 aromatic heterocycles. The molecule has 1 heterocycles. The molecule has 0 unspecified atom stereocenters. The zero-order valence-electron chi connectivity index (χ0n) is 26.9. The first-order valence-corrected chi connectivity index (χ1v) is 16.4. The first-order chi connectivity index (χ1) is 23.2. The molecule has 4 saturated carbocycles. The Hall–Kier alpha value is -5.18. The number of carboxylic acids is 1. The minimum atomic E-state index is -1.01. The predicted molar refractivity (Wildman–Crippen MR) is 180 cm³/mol. The minimum Gasteiger partial charge on any atom is -0.493 e. The van der Waals surface area contributed by atoms with E-state index in [4.69, 9.17) is 9.47 Å². The molecule has 1 saturated heterocycles. The Morgan fingerprint density at radius 1 is 0.979 bits per heavy atom. The number of nitrogens with one attached hydrogen (secondary N) is 1. The summed E-state index contributed by atoms with van der Waals surface area (Å²) in [6.07, 6.45) is 11.2. The molecule has 0 radical (unpaired) electrons. The topological polar surface area (TPSA) is 122 Å². The summed E-state index contributed by atoms with van der Waals surface area (Å²) in [6, 6.07) is 16.8. The van der Waals surface area contributed by atoms with Gasteiger partial charge in [0.1, 0.15) is 12.2 Å². The minimum absolute atomic E-state index is 0.153. The number of carbonyl (C=O) groups excluding carboxylic acids is 3. The van der Waals surface area contributed by atoms with Crippen molar-refractivity contribution in [3.05, 3.63) is 107 Å². The smallest absolute Gasteiger partial charge is 0.335 e. The van der Waals surface area contributed by atoms with E-state index in [0.29, 0.717) is 34.7 Å². The predicted octanol–water partition coefficient (Wildman–Crippen LogP) is 6.84. The lowest BCUT2D eigenvalue weighted by Gasteiger charge is -2.57. The zero-order valence-corrected chi connectivity index (χ0v) is 26.9. The monoisotopic (exact) mass is 646 g/mol. The third-order valence-electron chi connectivity index (χ3n) is 10.5. The van der Waals surface area contributed by atoms with Gasteiger partial charge < -0.3 is 14.6 Å². The average Bonchev–Trinajstić information content (AvgIpc) is 3.06. The molecule has 8 rings (SSSR count). The van der Waals surface area contributed by atoms with Crippen LogP contribution < -0.4 is 19.7 Å². The zero-order chi connectivity index (χ0) is 33.6. The number of rotatable bonds is 10. The summed E-state index contributed by atoms with van der Waals surface area (Å²) in [5.74, 6) is 0.735. The number of hydrogen-bond donors (Lipinski definition) is 2. The quantitative estimate of drug-likeness (QED) is 0.141. The number of hydrogen-bond acceptors (Lipinski definition) is 6. The number of nitrogens with zero attached hydrogens (tertiary/aromatic N) is 1. The Kier molecular flexibility index (Phi) is 8.15. The van der Waals surface area contributed by atoms with Crippen LogP contribution in [0.25, 0.3) is 6.08 Å². The van der Waals surface area contributed by atoms with E-state index in [1.54, 1.807) is 30.3 Å². The van der Waals surface area contributed by atoms with Gasteiger partial charge in [-0.1, -0.05) is 30.3 Å². The van der Waals surface area contributed by atoms with E-state index in [1.165, 1.54) is 69.4 Å². The summed E-state index contributed by atoms with van der Waals surface area (Å²) in [5.41, 5.74) is 3.85.